The molecule has 2 rings (SSSR count). The van der Waals surface area contributed by atoms with Crippen molar-refractivity contribution in [1.82, 2.24) is 4.98 Å². The van der Waals surface area contributed by atoms with E-state index in [1.54, 1.807) is 6.07 Å². The summed E-state index contributed by atoms with van der Waals surface area (Å²) in [5.74, 6) is -3.44. The average molecular weight is 448 g/mol. The van der Waals surface area contributed by atoms with Gasteiger partial charge in [0.15, 0.2) is 39.7 Å². The Hall–Kier alpha value is -1.33. The number of pyridine rings is 1. The second kappa shape index (κ2) is 7.01. The van der Waals surface area contributed by atoms with Crippen molar-refractivity contribution in [1.29, 1.82) is 0 Å². The number of carbonyl (C=O) groups is 3. The molecule has 0 amide bonds. The maximum Gasteiger partial charge on any atom is 0.208 e. The van der Waals surface area contributed by atoms with E-state index in [0.29, 0.717) is 4.47 Å². The number of Topliss-reactive ketones (excluding diaryl/α,β-unsaturated/α-hetero) is 3. The zero-order valence-electron chi connectivity index (χ0n) is 14.2. The fourth-order valence-electron chi connectivity index (χ4n) is 2.93. The third-order valence-electron chi connectivity index (χ3n) is 4.53. The maximum atomic E-state index is 12.3. The minimum absolute atomic E-state index is 0.142. The molecule has 2 heterocycles. The van der Waals surface area contributed by atoms with Gasteiger partial charge < -0.3 is 20.1 Å². The topological polar surface area (TPSA) is 134 Å². The molecular weight excluding hydrogens is 430 g/mol. The van der Waals surface area contributed by atoms with Gasteiger partial charge in [-0.3, -0.25) is 19.4 Å². The Morgan fingerprint density at radius 2 is 1.81 bits per heavy atom. The second-order valence-electron chi connectivity index (χ2n) is 6.07. The van der Waals surface area contributed by atoms with E-state index in [0.717, 1.165) is 32.5 Å². The van der Waals surface area contributed by atoms with Gasteiger partial charge in [-0.2, -0.15) is 0 Å². The normalized spacial score (nSPS) is 34.2. The number of halogens is 1. The second-order valence-corrected chi connectivity index (χ2v) is 7.98. The van der Waals surface area contributed by atoms with Gasteiger partial charge in [-0.05, 0) is 42.8 Å². The summed E-state index contributed by atoms with van der Waals surface area (Å²) in [5.41, 5.74) is -10.1. The molecule has 0 radical (unpaired) electrons. The number of ketones is 3. The number of hydrogen-bond donors (Lipinski definition) is 3. The average Bonchev–Trinajstić information content (AvgIpc) is 2.56. The minimum Gasteiger partial charge on any atom is -0.473 e. The summed E-state index contributed by atoms with van der Waals surface area (Å²) in [4.78, 5) is 40.5. The predicted octanol–water partition coefficient (Wildman–Crippen LogP) is 0.256. The van der Waals surface area contributed by atoms with Crippen molar-refractivity contribution in [3.63, 3.8) is 0 Å². The van der Waals surface area contributed by atoms with Crippen LogP contribution in [0.4, 0.5) is 0 Å². The molecule has 0 unspecified atom stereocenters. The lowest BCUT2D eigenvalue weighted by Crippen LogP contribution is -2.82. The number of nitrogens with zero attached hydrogens (tertiary/aromatic N) is 1. The van der Waals surface area contributed by atoms with Crippen LogP contribution in [0, 0.1) is 0 Å². The van der Waals surface area contributed by atoms with Crippen molar-refractivity contribution in [2.24, 2.45) is 0 Å². The molecule has 1 aliphatic rings. The van der Waals surface area contributed by atoms with Crippen molar-refractivity contribution in [2.45, 2.75) is 43.0 Å². The van der Waals surface area contributed by atoms with Crippen LogP contribution in [0.15, 0.2) is 22.9 Å². The highest BCUT2D eigenvalue weighted by molar-refractivity contribution is 9.10. The van der Waals surface area contributed by atoms with E-state index in [1.165, 1.54) is 12.4 Å². The summed E-state index contributed by atoms with van der Waals surface area (Å²) >= 11 is 3.96. The Balaban J connectivity index is 2.64. The Labute approximate surface area is 162 Å². The van der Waals surface area contributed by atoms with Crippen LogP contribution in [-0.4, -0.2) is 65.6 Å². The van der Waals surface area contributed by atoms with Crippen LogP contribution < -0.4 is 4.74 Å². The summed E-state index contributed by atoms with van der Waals surface area (Å²) in [6, 6.07) is 1.55. The molecule has 0 bridgehead atoms. The zero-order valence-corrected chi connectivity index (χ0v) is 16.6. The molecule has 0 spiro atoms. The van der Waals surface area contributed by atoms with Crippen molar-refractivity contribution < 1.29 is 34.4 Å². The van der Waals surface area contributed by atoms with Crippen LogP contribution in [0.2, 0.25) is 0 Å². The van der Waals surface area contributed by atoms with Gasteiger partial charge in [0.2, 0.25) is 5.60 Å². The molecule has 1 aromatic rings. The van der Waals surface area contributed by atoms with Gasteiger partial charge in [-0.1, -0.05) is 0 Å². The Bertz CT molecular complexity index is 775. The lowest BCUT2D eigenvalue weighted by atomic mass is 9.65. The Morgan fingerprint density at radius 3 is 2.27 bits per heavy atom. The largest absolute Gasteiger partial charge is 0.473 e. The van der Waals surface area contributed by atoms with Crippen LogP contribution in [0.5, 0.6) is 5.75 Å². The number of hydrogen-bond acceptors (Lipinski definition) is 9. The molecule has 3 N–H and O–H groups in total. The molecule has 10 heteroatoms. The zero-order chi connectivity index (χ0) is 19.9. The third kappa shape index (κ3) is 2.80. The van der Waals surface area contributed by atoms with E-state index in [1.807, 2.05) is 0 Å². The van der Waals surface area contributed by atoms with Gasteiger partial charge in [0.25, 0.3) is 0 Å². The van der Waals surface area contributed by atoms with E-state index < -0.39 is 45.3 Å². The first-order chi connectivity index (χ1) is 11.9. The number of aromatic nitrogens is 1. The highest BCUT2D eigenvalue weighted by Gasteiger charge is 2.75. The van der Waals surface area contributed by atoms with Gasteiger partial charge in [-0.25, -0.2) is 0 Å². The molecule has 1 aliphatic heterocycles. The summed E-state index contributed by atoms with van der Waals surface area (Å²) in [7, 11) is 0. The first kappa shape index (κ1) is 21.0. The SMILES string of the molecule is CC(=O)[C@]1(O)[C@@](O)(C(C)=O)CS[C@H](Oc2cnccc2Br)[C@@]1(O)C(C)=O. The van der Waals surface area contributed by atoms with E-state index in [-0.39, 0.29) is 5.75 Å². The van der Waals surface area contributed by atoms with Crippen molar-refractivity contribution in [3.8, 4) is 5.75 Å². The maximum absolute atomic E-state index is 12.3. The van der Waals surface area contributed by atoms with Crippen LogP contribution in [0.1, 0.15) is 20.8 Å². The smallest absolute Gasteiger partial charge is 0.208 e. The van der Waals surface area contributed by atoms with Crippen LogP contribution in [0.3, 0.4) is 0 Å². The highest BCUT2D eigenvalue weighted by atomic mass is 79.9. The first-order valence-electron chi connectivity index (χ1n) is 7.51. The van der Waals surface area contributed by atoms with Gasteiger partial charge in [-0.15, -0.1) is 11.8 Å². The van der Waals surface area contributed by atoms with E-state index in [4.69, 9.17) is 4.74 Å². The van der Waals surface area contributed by atoms with Crippen molar-refractivity contribution in [2.75, 3.05) is 5.75 Å². The quantitative estimate of drug-likeness (QED) is 0.580. The number of rotatable bonds is 5. The summed E-state index contributed by atoms with van der Waals surface area (Å²) in [6.45, 7) is 2.79. The Morgan fingerprint density at radius 1 is 1.19 bits per heavy atom. The van der Waals surface area contributed by atoms with Crippen LogP contribution >= 0.6 is 27.7 Å². The summed E-state index contributed by atoms with van der Waals surface area (Å²) < 4.78 is 6.09. The molecule has 26 heavy (non-hydrogen) atoms. The molecule has 142 valence electrons. The molecular formula is C16H18BrNO7S. The molecule has 0 aliphatic carbocycles. The monoisotopic (exact) mass is 447 g/mol. The summed E-state index contributed by atoms with van der Waals surface area (Å²) in [5, 5.41) is 32.9. The van der Waals surface area contributed by atoms with Crippen molar-refractivity contribution >= 4 is 45.0 Å². The molecule has 1 saturated heterocycles. The fraction of sp³-hybridized carbons (Fsp3) is 0.500. The van der Waals surface area contributed by atoms with Gasteiger partial charge in [0.05, 0.1) is 10.7 Å². The minimum atomic E-state index is -3.08. The molecule has 4 atom stereocenters. The number of thioether (sulfide) groups is 1. The molecule has 0 saturated carbocycles. The fourth-order valence-corrected chi connectivity index (χ4v) is 4.80. The van der Waals surface area contributed by atoms with Gasteiger partial charge in [0.1, 0.15) is 0 Å². The summed E-state index contributed by atoms with van der Waals surface area (Å²) in [6.07, 6.45) is 2.78. The number of aliphatic hydroxyl groups is 3. The number of ether oxygens (including phenoxy) is 1. The molecule has 1 fully saturated rings. The van der Waals surface area contributed by atoms with Crippen molar-refractivity contribution in [3.05, 3.63) is 22.9 Å². The molecule has 0 aromatic carbocycles. The first-order valence-corrected chi connectivity index (χ1v) is 9.35. The predicted molar refractivity (Wildman–Crippen MR) is 95.7 cm³/mol. The Kier molecular flexibility index (Phi) is 5.65. The lowest BCUT2D eigenvalue weighted by molar-refractivity contribution is -0.236. The van der Waals surface area contributed by atoms with Gasteiger partial charge in [0, 0.05) is 11.9 Å². The molecule has 8 nitrogen and oxygen atoms in total. The third-order valence-corrected chi connectivity index (χ3v) is 6.51. The van der Waals surface area contributed by atoms with Gasteiger partial charge >= 0.3 is 0 Å². The van der Waals surface area contributed by atoms with E-state index >= 15 is 0 Å². The number of carbonyl (C=O) groups excluding carboxylic acids is 3. The van der Waals surface area contributed by atoms with Crippen LogP contribution in [-0.2, 0) is 14.4 Å². The highest BCUT2D eigenvalue weighted by Crippen LogP contribution is 2.49. The van der Waals surface area contributed by atoms with E-state index in [2.05, 4.69) is 20.9 Å². The van der Waals surface area contributed by atoms with E-state index in [9.17, 15) is 29.7 Å². The van der Waals surface area contributed by atoms with Crippen LogP contribution in [0.25, 0.3) is 0 Å². The standard InChI is InChI=1S/C16H18BrNO7S/c1-8(19)14(22)7-26-13(25-12-6-18-5-4-11(12)17)15(23,9(2)20)16(14,24)10(3)21/h4-6,13,22-24H,7H2,1-3H3/t13-,14-,15-,16-/m0/s1. The molecule has 1 aromatic heterocycles. The lowest BCUT2D eigenvalue weighted by Gasteiger charge is -2.54.